The highest BCUT2D eigenvalue weighted by atomic mass is 16.5. The summed E-state index contributed by atoms with van der Waals surface area (Å²) in [6, 6.07) is 5.63. The summed E-state index contributed by atoms with van der Waals surface area (Å²) in [5.41, 5.74) is 2.78. The van der Waals surface area contributed by atoms with Crippen molar-refractivity contribution in [3.63, 3.8) is 0 Å². The second-order valence-corrected chi connectivity index (χ2v) is 7.36. The zero-order chi connectivity index (χ0) is 21.0. The van der Waals surface area contributed by atoms with Crippen LogP contribution in [0, 0.1) is 5.92 Å². The number of hydrogen-bond donors (Lipinski definition) is 0. The van der Waals surface area contributed by atoms with Gasteiger partial charge in [0.2, 0.25) is 0 Å². The van der Waals surface area contributed by atoms with Gasteiger partial charge in [-0.25, -0.2) is 4.79 Å². The number of nitrogens with zero attached hydrogens (tertiary/aromatic N) is 1. The summed E-state index contributed by atoms with van der Waals surface area (Å²) in [4.78, 5) is 30.4. The number of hydrogen-bond acceptors (Lipinski definition) is 6. The molecular formula is C23H29NO5. The van der Waals surface area contributed by atoms with Crippen molar-refractivity contribution in [2.24, 2.45) is 10.9 Å². The van der Waals surface area contributed by atoms with Crippen molar-refractivity contribution < 1.29 is 23.8 Å². The van der Waals surface area contributed by atoms with E-state index >= 15 is 0 Å². The van der Waals surface area contributed by atoms with Crippen LogP contribution in [-0.4, -0.2) is 37.8 Å². The van der Waals surface area contributed by atoms with Crippen LogP contribution in [0.25, 0.3) is 0 Å². The molecule has 1 aromatic rings. The quantitative estimate of drug-likeness (QED) is 0.642. The maximum Gasteiger partial charge on any atom is 0.336 e. The number of fused-ring (bicyclic) bond motifs is 1. The molecule has 2 atom stereocenters. The molecule has 6 heteroatoms. The van der Waals surface area contributed by atoms with Crippen molar-refractivity contribution in [2.45, 2.75) is 52.4 Å². The molecule has 1 aromatic carbocycles. The summed E-state index contributed by atoms with van der Waals surface area (Å²) in [5, 5.41) is 0. The zero-order valence-corrected chi connectivity index (χ0v) is 17.6. The lowest BCUT2D eigenvalue weighted by molar-refractivity contribution is -0.139. The Hall–Kier alpha value is -2.63. The van der Waals surface area contributed by atoms with E-state index in [1.165, 1.54) is 0 Å². The van der Waals surface area contributed by atoms with Gasteiger partial charge in [-0.2, -0.15) is 0 Å². The monoisotopic (exact) mass is 399 g/mol. The van der Waals surface area contributed by atoms with Crippen LogP contribution >= 0.6 is 0 Å². The second-order valence-electron chi connectivity index (χ2n) is 7.36. The summed E-state index contributed by atoms with van der Waals surface area (Å²) in [6.45, 7) is 6.49. The number of carbonyl (C=O) groups is 2. The van der Waals surface area contributed by atoms with E-state index in [1.807, 2.05) is 32.0 Å². The van der Waals surface area contributed by atoms with Gasteiger partial charge >= 0.3 is 5.97 Å². The van der Waals surface area contributed by atoms with Gasteiger partial charge in [0.05, 0.1) is 31.8 Å². The highest BCUT2D eigenvalue weighted by Crippen LogP contribution is 2.44. The van der Waals surface area contributed by atoms with Crippen molar-refractivity contribution in [1.82, 2.24) is 0 Å². The molecule has 0 amide bonds. The van der Waals surface area contributed by atoms with E-state index in [2.05, 4.69) is 4.99 Å². The highest BCUT2D eigenvalue weighted by Gasteiger charge is 2.43. The van der Waals surface area contributed by atoms with Gasteiger partial charge in [0.15, 0.2) is 11.5 Å². The molecule has 3 rings (SSSR count). The van der Waals surface area contributed by atoms with Crippen LogP contribution in [0.15, 0.2) is 34.5 Å². The maximum absolute atomic E-state index is 12.9. The Labute approximate surface area is 171 Å². The Balaban J connectivity index is 2.10. The largest absolute Gasteiger partial charge is 0.493 e. The first kappa shape index (κ1) is 21.1. The molecule has 1 unspecified atom stereocenters. The molecular weight excluding hydrogens is 370 g/mol. The zero-order valence-electron chi connectivity index (χ0n) is 17.6. The predicted molar refractivity (Wildman–Crippen MR) is 111 cm³/mol. The van der Waals surface area contributed by atoms with E-state index in [9.17, 15) is 9.59 Å². The third kappa shape index (κ3) is 4.21. The molecule has 6 nitrogen and oxygen atoms in total. The fraction of sp³-hybridized carbons (Fsp3) is 0.522. The number of Topliss-reactive ketones (excluding diaryl/α,β-unsaturated/α-hetero) is 1. The molecule has 0 N–H and O–H groups in total. The van der Waals surface area contributed by atoms with Gasteiger partial charge in [0.25, 0.3) is 0 Å². The standard InChI is InChI=1S/C23H29NO5/c1-5-12-29-18-11-10-15(13-19(18)27-4)21-20(23(26)28-6-2)14(3)24-16-8-7-9-17(25)22(16)21/h10-11,13,21-22H,5-9,12H2,1-4H3/t21-,22?/m1/s1. The summed E-state index contributed by atoms with van der Waals surface area (Å²) in [6.07, 6.45) is 2.97. The molecule has 1 saturated carbocycles. The minimum absolute atomic E-state index is 0.125. The molecule has 1 aliphatic carbocycles. The van der Waals surface area contributed by atoms with Crippen LogP contribution in [0.2, 0.25) is 0 Å². The van der Waals surface area contributed by atoms with Crippen LogP contribution in [0.1, 0.15) is 57.9 Å². The molecule has 1 fully saturated rings. The van der Waals surface area contributed by atoms with E-state index in [0.29, 0.717) is 35.8 Å². The van der Waals surface area contributed by atoms with Crippen molar-refractivity contribution in [2.75, 3.05) is 20.3 Å². The molecule has 0 saturated heterocycles. The van der Waals surface area contributed by atoms with Crippen LogP contribution < -0.4 is 9.47 Å². The van der Waals surface area contributed by atoms with Crippen molar-refractivity contribution in [3.05, 3.63) is 35.0 Å². The third-order valence-corrected chi connectivity index (χ3v) is 5.41. The first-order chi connectivity index (χ1) is 14.0. The SMILES string of the molecule is CCCOc1ccc([C@@H]2C(C(=O)OCC)=C(C)N=C3CCCC(=O)C32)cc1OC. The number of allylic oxidation sites excluding steroid dienone is 1. The van der Waals surface area contributed by atoms with Gasteiger partial charge in [-0.15, -0.1) is 0 Å². The lowest BCUT2D eigenvalue weighted by atomic mass is 9.69. The molecule has 0 radical (unpaired) electrons. The van der Waals surface area contributed by atoms with E-state index in [-0.39, 0.29) is 12.4 Å². The lowest BCUT2D eigenvalue weighted by Gasteiger charge is -2.35. The van der Waals surface area contributed by atoms with Crippen LogP contribution in [-0.2, 0) is 14.3 Å². The Morgan fingerprint density at radius 3 is 2.66 bits per heavy atom. The maximum atomic E-state index is 12.9. The van der Waals surface area contributed by atoms with E-state index in [4.69, 9.17) is 14.2 Å². The fourth-order valence-corrected chi connectivity index (χ4v) is 4.16. The molecule has 1 aliphatic heterocycles. The topological polar surface area (TPSA) is 74.2 Å². The van der Waals surface area contributed by atoms with Crippen LogP contribution in [0.3, 0.4) is 0 Å². The Kier molecular flexibility index (Phi) is 6.72. The molecule has 0 spiro atoms. The molecule has 2 aliphatic rings. The summed E-state index contributed by atoms with van der Waals surface area (Å²) in [5.74, 6) is 0.0868. The number of esters is 1. The van der Waals surface area contributed by atoms with Gasteiger partial charge in [0.1, 0.15) is 5.78 Å². The Morgan fingerprint density at radius 2 is 1.97 bits per heavy atom. The van der Waals surface area contributed by atoms with Crippen molar-refractivity contribution in [3.8, 4) is 11.5 Å². The minimum Gasteiger partial charge on any atom is -0.493 e. The molecule has 29 heavy (non-hydrogen) atoms. The molecule has 0 bridgehead atoms. The van der Waals surface area contributed by atoms with Crippen molar-refractivity contribution >= 4 is 17.5 Å². The first-order valence-corrected chi connectivity index (χ1v) is 10.3. The van der Waals surface area contributed by atoms with E-state index in [1.54, 1.807) is 14.0 Å². The van der Waals surface area contributed by atoms with Crippen molar-refractivity contribution in [1.29, 1.82) is 0 Å². The number of rotatable bonds is 7. The summed E-state index contributed by atoms with van der Waals surface area (Å²) < 4.78 is 16.6. The van der Waals surface area contributed by atoms with Gasteiger partial charge in [-0.3, -0.25) is 9.79 Å². The molecule has 0 aromatic heterocycles. The Bertz CT molecular complexity index is 855. The molecule has 1 heterocycles. The molecule has 156 valence electrons. The summed E-state index contributed by atoms with van der Waals surface area (Å²) >= 11 is 0. The number of methoxy groups -OCH3 is 1. The number of aliphatic imine (C=N–C) groups is 1. The van der Waals surface area contributed by atoms with Gasteiger partial charge in [0, 0.05) is 23.7 Å². The van der Waals surface area contributed by atoms with Crippen LogP contribution in [0.5, 0.6) is 11.5 Å². The number of benzene rings is 1. The normalized spacial score (nSPS) is 21.4. The second kappa shape index (κ2) is 9.25. The number of carbonyl (C=O) groups excluding carboxylic acids is 2. The lowest BCUT2D eigenvalue weighted by Crippen LogP contribution is -2.39. The third-order valence-electron chi connectivity index (χ3n) is 5.41. The van der Waals surface area contributed by atoms with Gasteiger partial charge in [-0.1, -0.05) is 13.0 Å². The minimum atomic E-state index is -0.432. The fourth-order valence-electron chi connectivity index (χ4n) is 4.16. The number of ether oxygens (including phenoxy) is 3. The van der Waals surface area contributed by atoms with Crippen LogP contribution in [0.4, 0.5) is 0 Å². The van der Waals surface area contributed by atoms with E-state index < -0.39 is 17.8 Å². The first-order valence-electron chi connectivity index (χ1n) is 10.3. The average molecular weight is 399 g/mol. The number of ketones is 1. The average Bonchev–Trinajstić information content (AvgIpc) is 2.71. The van der Waals surface area contributed by atoms with E-state index in [0.717, 1.165) is 30.5 Å². The predicted octanol–water partition coefficient (Wildman–Crippen LogP) is 4.23. The highest BCUT2D eigenvalue weighted by molar-refractivity contribution is 6.11. The van der Waals surface area contributed by atoms with Gasteiger partial charge in [-0.05, 0) is 50.8 Å². The smallest absolute Gasteiger partial charge is 0.336 e. The van der Waals surface area contributed by atoms with Gasteiger partial charge < -0.3 is 14.2 Å². The summed E-state index contributed by atoms with van der Waals surface area (Å²) in [7, 11) is 1.59. The Morgan fingerprint density at radius 1 is 1.17 bits per heavy atom.